The van der Waals surface area contributed by atoms with Gasteiger partial charge in [-0.1, -0.05) is 43.5 Å². The number of carbonyl (C=O) groups is 2. The van der Waals surface area contributed by atoms with E-state index in [1.807, 2.05) is 12.1 Å². The van der Waals surface area contributed by atoms with E-state index in [-0.39, 0.29) is 30.2 Å². The maximum Gasteiger partial charge on any atom is 0.317 e. The number of amidine groups is 1. The molecule has 2 fully saturated rings. The summed E-state index contributed by atoms with van der Waals surface area (Å²) < 4.78 is 0. The highest BCUT2D eigenvalue weighted by Crippen LogP contribution is 2.29. The highest BCUT2D eigenvalue weighted by Gasteiger charge is 2.38. The topological polar surface area (TPSA) is 152 Å². The number of aliphatic hydroxyl groups excluding tert-OH is 1. The summed E-state index contributed by atoms with van der Waals surface area (Å²) in [7, 11) is 0. The summed E-state index contributed by atoms with van der Waals surface area (Å²) in [6.07, 6.45) is 6.69. The van der Waals surface area contributed by atoms with E-state index in [2.05, 4.69) is 10.6 Å². The van der Waals surface area contributed by atoms with Crippen molar-refractivity contribution >= 4 is 17.7 Å². The Morgan fingerprint density at radius 1 is 1.06 bits per heavy atom. The number of hydrogen-bond acceptors (Lipinski definition) is 6. The number of benzene rings is 1. The van der Waals surface area contributed by atoms with Gasteiger partial charge in [-0.2, -0.15) is 0 Å². The fourth-order valence-electron chi connectivity index (χ4n) is 5.02. The zero-order valence-corrected chi connectivity index (χ0v) is 19.1. The second kappa shape index (κ2) is 12.1. The molecule has 7 N–H and O–H groups in total. The molecule has 0 spiro atoms. The largest absolute Gasteiger partial charge is 0.480 e. The van der Waals surface area contributed by atoms with Crippen molar-refractivity contribution in [3.63, 3.8) is 0 Å². The van der Waals surface area contributed by atoms with Crippen LogP contribution in [0.3, 0.4) is 0 Å². The fraction of sp³-hybridized carbons (Fsp3) is 0.625. The maximum absolute atomic E-state index is 13.6. The smallest absolute Gasteiger partial charge is 0.317 e. The molecule has 1 saturated heterocycles. The summed E-state index contributed by atoms with van der Waals surface area (Å²) in [6, 6.07) is 6.36. The Morgan fingerprint density at radius 3 is 2.36 bits per heavy atom. The van der Waals surface area contributed by atoms with Crippen LogP contribution in [0.15, 0.2) is 24.3 Å². The number of nitrogens with zero attached hydrogens (tertiary/aromatic N) is 1. The first-order chi connectivity index (χ1) is 15.9. The average molecular weight is 460 g/mol. The van der Waals surface area contributed by atoms with E-state index >= 15 is 0 Å². The van der Waals surface area contributed by atoms with Gasteiger partial charge in [0.15, 0.2) is 0 Å². The number of carbonyl (C=O) groups excluding carboxylic acids is 1. The Balaban J connectivity index is 1.66. The first-order valence-electron chi connectivity index (χ1n) is 12.0. The molecule has 9 heteroatoms. The van der Waals surface area contributed by atoms with Gasteiger partial charge in [0, 0.05) is 18.7 Å². The summed E-state index contributed by atoms with van der Waals surface area (Å²) in [5.74, 6) is -0.941. The van der Waals surface area contributed by atoms with Gasteiger partial charge in [-0.15, -0.1) is 0 Å². The molecule has 182 valence electrons. The number of amides is 1. The first kappa shape index (κ1) is 25.1. The van der Waals surface area contributed by atoms with Crippen molar-refractivity contribution in [3.8, 4) is 0 Å². The minimum Gasteiger partial charge on any atom is -0.480 e. The molecule has 1 aromatic carbocycles. The molecule has 9 nitrogen and oxygen atoms in total. The zero-order valence-electron chi connectivity index (χ0n) is 19.1. The van der Waals surface area contributed by atoms with Crippen LogP contribution in [-0.2, 0) is 16.1 Å². The summed E-state index contributed by atoms with van der Waals surface area (Å²) in [5, 5.41) is 33.7. The van der Waals surface area contributed by atoms with Crippen LogP contribution in [0.4, 0.5) is 0 Å². The van der Waals surface area contributed by atoms with Crippen molar-refractivity contribution in [2.24, 2.45) is 11.7 Å². The maximum atomic E-state index is 13.6. The van der Waals surface area contributed by atoms with Crippen LogP contribution in [0.25, 0.3) is 0 Å². The lowest BCUT2D eigenvalue weighted by Crippen LogP contribution is -2.60. The predicted molar refractivity (Wildman–Crippen MR) is 126 cm³/mol. The Hall–Kier alpha value is -2.49. The van der Waals surface area contributed by atoms with Crippen LogP contribution in [0.2, 0.25) is 0 Å². The van der Waals surface area contributed by atoms with Crippen molar-refractivity contribution in [3.05, 3.63) is 35.4 Å². The molecule has 1 aromatic rings. The summed E-state index contributed by atoms with van der Waals surface area (Å²) in [6.45, 7) is 0.733. The van der Waals surface area contributed by atoms with Gasteiger partial charge >= 0.3 is 5.97 Å². The minimum atomic E-state index is -0.976. The van der Waals surface area contributed by atoms with Gasteiger partial charge in [-0.3, -0.25) is 25.6 Å². The van der Waals surface area contributed by atoms with Crippen molar-refractivity contribution in [2.45, 2.75) is 76.2 Å². The Labute approximate surface area is 195 Å². The monoisotopic (exact) mass is 459 g/mol. The molecular weight excluding hydrogens is 422 g/mol. The van der Waals surface area contributed by atoms with Gasteiger partial charge in [-0.25, -0.2) is 0 Å². The van der Waals surface area contributed by atoms with E-state index < -0.39 is 18.2 Å². The average Bonchev–Trinajstić information content (AvgIpc) is 2.83. The van der Waals surface area contributed by atoms with Crippen molar-refractivity contribution in [2.75, 3.05) is 13.1 Å². The molecule has 3 atom stereocenters. The van der Waals surface area contributed by atoms with Crippen LogP contribution in [0.5, 0.6) is 0 Å². The third-order valence-corrected chi connectivity index (χ3v) is 6.84. The van der Waals surface area contributed by atoms with Gasteiger partial charge in [-0.05, 0) is 43.6 Å². The first-order valence-corrected chi connectivity index (χ1v) is 12.0. The van der Waals surface area contributed by atoms with E-state index in [1.165, 1.54) is 0 Å². The summed E-state index contributed by atoms with van der Waals surface area (Å²) >= 11 is 0. The van der Waals surface area contributed by atoms with Crippen molar-refractivity contribution in [1.82, 2.24) is 15.5 Å². The molecule has 1 saturated carbocycles. The molecule has 1 heterocycles. The summed E-state index contributed by atoms with van der Waals surface area (Å²) in [5.41, 5.74) is 7.08. The Bertz CT molecular complexity index is 810. The zero-order chi connectivity index (χ0) is 23.8. The minimum absolute atomic E-state index is 0.00920. The number of rotatable bonds is 10. The number of carboxylic acid groups (broad SMARTS) is 1. The van der Waals surface area contributed by atoms with Crippen LogP contribution in [-0.4, -0.2) is 64.2 Å². The van der Waals surface area contributed by atoms with E-state index in [4.69, 9.17) is 16.2 Å². The van der Waals surface area contributed by atoms with E-state index in [0.717, 1.165) is 50.5 Å². The van der Waals surface area contributed by atoms with Gasteiger partial charge in [0.25, 0.3) is 0 Å². The van der Waals surface area contributed by atoms with Gasteiger partial charge < -0.3 is 20.8 Å². The number of nitrogen functional groups attached to an aromatic ring is 1. The lowest BCUT2D eigenvalue weighted by Gasteiger charge is -2.42. The Kier molecular flexibility index (Phi) is 9.22. The van der Waals surface area contributed by atoms with E-state index in [0.29, 0.717) is 25.1 Å². The van der Waals surface area contributed by atoms with Crippen LogP contribution < -0.4 is 16.4 Å². The second-order valence-electron chi connectivity index (χ2n) is 9.18. The SMILES string of the molecule is N=C(N)c1ccc(CNC(O)[C@H]2CCCCN2C(=O)[C@H](NCC(=O)O)C2CCCCC2)cc1. The molecule has 0 radical (unpaired) electrons. The number of aliphatic carboxylic acids is 1. The van der Waals surface area contributed by atoms with E-state index in [9.17, 15) is 14.7 Å². The predicted octanol–water partition coefficient (Wildman–Crippen LogP) is 1.38. The van der Waals surface area contributed by atoms with Gasteiger partial charge in [0.2, 0.25) is 5.91 Å². The number of likely N-dealkylation sites (tertiary alicyclic amines) is 1. The molecular formula is C24H37N5O4. The van der Waals surface area contributed by atoms with Gasteiger partial charge in [0.05, 0.1) is 18.6 Å². The normalized spacial score (nSPS) is 21.4. The number of aliphatic hydroxyl groups is 1. The quantitative estimate of drug-likeness (QED) is 0.176. The molecule has 3 rings (SSSR count). The molecule has 1 unspecified atom stereocenters. The van der Waals surface area contributed by atoms with Crippen LogP contribution in [0.1, 0.15) is 62.5 Å². The molecule has 1 aliphatic heterocycles. The number of nitrogens with one attached hydrogen (secondary N) is 3. The number of piperidine rings is 1. The van der Waals surface area contributed by atoms with Crippen molar-refractivity contribution < 1.29 is 19.8 Å². The lowest BCUT2D eigenvalue weighted by atomic mass is 9.82. The fourth-order valence-corrected chi connectivity index (χ4v) is 5.02. The lowest BCUT2D eigenvalue weighted by molar-refractivity contribution is -0.143. The second-order valence-corrected chi connectivity index (χ2v) is 9.18. The number of nitrogens with two attached hydrogens (primary N) is 1. The van der Waals surface area contributed by atoms with Crippen LogP contribution >= 0.6 is 0 Å². The highest BCUT2D eigenvalue weighted by atomic mass is 16.4. The number of hydrogen-bond donors (Lipinski definition) is 6. The molecule has 1 amide bonds. The molecule has 1 aliphatic carbocycles. The molecule has 2 aliphatic rings. The Morgan fingerprint density at radius 2 is 1.73 bits per heavy atom. The number of carboxylic acids is 1. The molecule has 0 aromatic heterocycles. The summed E-state index contributed by atoms with van der Waals surface area (Å²) in [4.78, 5) is 26.5. The van der Waals surface area contributed by atoms with Crippen molar-refractivity contribution in [1.29, 1.82) is 5.41 Å². The molecule has 0 bridgehead atoms. The molecule has 33 heavy (non-hydrogen) atoms. The third-order valence-electron chi connectivity index (χ3n) is 6.84. The van der Waals surface area contributed by atoms with E-state index in [1.54, 1.807) is 17.0 Å². The highest BCUT2D eigenvalue weighted by molar-refractivity contribution is 5.94. The van der Waals surface area contributed by atoms with Gasteiger partial charge in [0.1, 0.15) is 12.1 Å². The third kappa shape index (κ3) is 6.99. The standard InChI is InChI=1S/C24H37N5O4/c25-22(26)18-11-9-16(10-12-18)14-28-23(32)19-8-4-5-13-29(19)24(33)21(27-15-20(30)31)17-6-2-1-3-7-17/h9-12,17,19,21,23,27-28,32H,1-8,13-15H2,(H3,25,26)(H,30,31)/t19-,21-,23?/m1/s1. The van der Waals surface area contributed by atoms with Crippen LogP contribution in [0, 0.1) is 11.3 Å².